The molecular weight excluding hydrogens is 306 g/mol. The van der Waals surface area contributed by atoms with E-state index in [2.05, 4.69) is 0 Å². The van der Waals surface area contributed by atoms with Crippen LogP contribution >= 0.6 is 22.9 Å². The monoisotopic (exact) mass is 315 g/mol. The lowest BCUT2D eigenvalue weighted by atomic mass is 10.2. The highest BCUT2D eigenvalue weighted by Crippen LogP contribution is 2.10. The first-order valence-corrected chi connectivity index (χ1v) is 7.31. The molecule has 0 saturated carbocycles. The molecule has 0 N–H and O–H groups in total. The van der Waals surface area contributed by atoms with Crippen molar-refractivity contribution in [3.05, 3.63) is 54.4 Å². The summed E-state index contributed by atoms with van der Waals surface area (Å²) in [5.41, 5.74) is 0.538. The molecule has 104 valence electrons. The van der Waals surface area contributed by atoms with Gasteiger partial charge in [-0.3, -0.25) is 9.36 Å². The molecule has 2 rings (SSSR count). The van der Waals surface area contributed by atoms with Crippen molar-refractivity contribution in [3.8, 4) is 12.1 Å². The number of aromatic nitrogens is 1. The fourth-order valence-electron chi connectivity index (χ4n) is 1.86. The van der Waals surface area contributed by atoms with E-state index in [4.69, 9.17) is 22.1 Å². The van der Waals surface area contributed by atoms with Gasteiger partial charge in [-0.25, -0.2) is 0 Å². The van der Waals surface area contributed by atoms with Gasteiger partial charge in [0.1, 0.15) is 16.8 Å². The first-order valence-electron chi connectivity index (χ1n) is 6.12. The highest BCUT2D eigenvalue weighted by molar-refractivity contribution is 7.07. The van der Waals surface area contributed by atoms with Crippen LogP contribution in [0.1, 0.15) is 12.5 Å². The average Bonchev–Trinajstić information content (AvgIpc) is 2.77. The predicted octanol–water partition coefficient (Wildman–Crippen LogP) is 1.61. The SMILES string of the molecule is CCn1c(=C(C#N)C#N)s/c(=C/c2cccc(Cl)c2)c1=O. The van der Waals surface area contributed by atoms with Crippen molar-refractivity contribution in [2.75, 3.05) is 0 Å². The number of hydrogen-bond donors (Lipinski definition) is 0. The van der Waals surface area contributed by atoms with Crippen LogP contribution in [0.2, 0.25) is 5.02 Å². The van der Waals surface area contributed by atoms with Crippen LogP contribution in [0.25, 0.3) is 11.6 Å². The van der Waals surface area contributed by atoms with Crippen LogP contribution in [0.5, 0.6) is 0 Å². The summed E-state index contributed by atoms with van der Waals surface area (Å²) in [7, 11) is 0. The third kappa shape index (κ3) is 3.05. The zero-order valence-corrected chi connectivity index (χ0v) is 12.7. The van der Waals surface area contributed by atoms with Gasteiger partial charge in [-0.2, -0.15) is 10.5 Å². The minimum absolute atomic E-state index is 0.0512. The van der Waals surface area contributed by atoms with E-state index in [-0.39, 0.29) is 11.1 Å². The molecule has 1 heterocycles. The van der Waals surface area contributed by atoms with Crippen LogP contribution < -0.4 is 14.8 Å². The second-order valence-corrected chi connectivity index (χ2v) is 5.59. The Bertz CT molecular complexity index is 925. The molecule has 2 aromatic rings. The zero-order valence-electron chi connectivity index (χ0n) is 11.1. The summed E-state index contributed by atoms with van der Waals surface area (Å²) in [5.74, 6) is 0. The summed E-state index contributed by atoms with van der Waals surface area (Å²) in [6.45, 7) is 2.20. The Morgan fingerprint density at radius 1 is 1.43 bits per heavy atom. The molecule has 6 heteroatoms. The van der Waals surface area contributed by atoms with Gasteiger partial charge in [-0.05, 0) is 30.7 Å². The lowest BCUT2D eigenvalue weighted by Gasteiger charge is -1.93. The summed E-state index contributed by atoms with van der Waals surface area (Å²) in [5, 5.41) is 18.5. The number of nitrogens with zero attached hydrogens (tertiary/aromatic N) is 3. The number of hydrogen-bond acceptors (Lipinski definition) is 4. The number of rotatable bonds is 2. The van der Waals surface area contributed by atoms with Gasteiger partial charge in [0.2, 0.25) is 0 Å². The molecule has 0 aliphatic heterocycles. The van der Waals surface area contributed by atoms with Gasteiger partial charge in [0.05, 0.1) is 4.53 Å². The van der Waals surface area contributed by atoms with Crippen molar-refractivity contribution in [2.24, 2.45) is 0 Å². The van der Waals surface area contributed by atoms with Crippen LogP contribution in [-0.4, -0.2) is 4.57 Å². The maximum Gasteiger partial charge on any atom is 0.269 e. The van der Waals surface area contributed by atoms with Crippen molar-refractivity contribution >= 4 is 34.6 Å². The third-order valence-corrected chi connectivity index (χ3v) is 4.17. The summed E-state index contributed by atoms with van der Waals surface area (Å²) in [4.78, 5) is 12.3. The number of benzene rings is 1. The molecule has 0 aliphatic rings. The molecule has 0 atom stereocenters. The summed E-state index contributed by atoms with van der Waals surface area (Å²) >= 11 is 7.06. The average molecular weight is 316 g/mol. The molecular formula is C15H10ClN3OS. The van der Waals surface area contributed by atoms with E-state index in [1.54, 1.807) is 31.2 Å². The summed E-state index contributed by atoms with van der Waals surface area (Å²) in [6.07, 6.45) is 1.71. The van der Waals surface area contributed by atoms with Gasteiger partial charge in [-0.15, -0.1) is 11.3 Å². The van der Waals surface area contributed by atoms with E-state index >= 15 is 0 Å². The van der Waals surface area contributed by atoms with Gasteiger partial charge >= 0.3 is 0 Å². The normalized spacial score (nSPS) is 11.0. The molecule has 0 radical (unpaired) electrons. The van der Waals surface area contributed by atoms with E-state index in [1.165, 1.54) is 4.57 Å². The second-order valence-electron chi connectivity index (χ2n) is 4.12. The van der Waals surface area contributed by atoms with E-state index in [0.29, 0.717) is 20.8 Å². The fourth-order valence-corrected chi connectivity index (χ4v) is 3.18. The first kappa shape index (κ1) is 15.1. The van der Waals surface area contributed by atoms with Crippen LogP contribution in [0, 0.1) is 22.7 Å². The van der Waals surface area contributed by atoms with Gasteiger partial charge in [0.15, 0.2) is 5.57 Å². The van der Waals surface area contributed by atoms with E-state index < -0.39 is 0 Å². The highest BCUT2D eigenvalue weighted by atomic mass is 35.5. The number of halogens is 1. The standard InChI is InChI=1S/C15H10ClN3OS/c1-2-19-14(20)13(21-15(19)11(8-17)9-18)7-10-4-3-5-12(16)6-10/h3-7H,2H2,1H3/b13-7+. The maximum absolute atomic E-state index is 12.3. The zero-order chi connectivity index (χ0) is 15.4. The van der Waals surface area contributed by atoms with Crippen molar-refractivity contribution in [1.29, 1.82) is 10.5 Å². The summed E-state index contributed by atoms with van der Waals surface area (Å²) < 4.78 is 2.29. The molecule has 0 spiro atoms. The van der Waals surface area contributed by atoms with Gasteiger partial charge in [0, 0.05) is 11.6 Å². The Kier molecular flexibility index (Phi) is 4.59. The molecule has 1 aromatic heterocycles. The Hall–Kier alpha value is -2.34. The first-order chi connectivity index (χ1) is 10.1. The lowest BCUT2D eigenvalue weighted by Crippen LogP contribution is -2.31. The van der Waals surface area contributed by atoms with Crippen LogP contribution in [0.4, 0.5) is 0 Å². The molecule has 0 fully saturated rings. The van der Waals surface area contributed by atoms with Crippen molar-refractivity contribution in [1.82, 2.24) is 4.57 Å². The fraction of sp³-hybridized carbons (Fsp3) is 0.133. The highest BCUT2D eigenvalue weighted by Gasteiger charge is 2.07. The third-order valence-electron chi connectivity index (χ3n) is 2.81. The minimum atomic E-state index is -0.208. The van der Waals surface area contributed by atoms with Crippen LogP contribution in [0.15, 0.2) is 29.1 Å². The van der Waals surface area contributed by atoms with Crippen LogP contribution in [0.3, 0.4) is 0 Å². The van der Waals surface area contributed by atoms with E-state index in [1.807, 2.05) is 18.2 Å². The maximum atomic E-state index is 12.3. The van der Waals surface area contributed by atoms with Crippen molar-refractivity contribution in [2.45, 2.75) is 13.5 Å². The van der Waals surface area contributed by atoms with Gasteiger partial charge in [-0.1, -0.05) is 23.7 Å². The van der Waals surface area contributed by atoms with E-state index in [9.17, 15) is 4.79 Å². The quantitative estimate of drug-likeness (QED) is 0.845. The van der Waals surface area contributed by atoms with Crippen molar-refractivity contribution < 1.29 is 0 Å². The Morgan fingerprint density at radius 3 is 2.71 bits per heavy atom. The largest absolute Gasteiger partial charge is 0.298 e. The number of nitriles is 2. The van der Waals surface area contributed by atoms with Gasteiger partial charge in [0.25, 0.3) is 5.56 Å². The van der Waals surface area contributed by atoms with Crippen molar-refractivity contribution in [3.63, 3.8) is 0 Å². The Labute approximate surface area is 130 Å². The Balaban J connectivity index is 2.81. The molecule has 4 nitrogen and oxygen atoms in total. The molecule has 0 bridgehead atoms. The second kappa shape index (κ2) is 6.41. The number of thiazole rings is 1. The van der Waals surface area contributed by atoms with E-state index in [0.717, 1.165) is 16.9 Å². The summed E-state index contributed by atoms with van der Waals surface area (Å²) in [6, 6.07) is 10.8. The molecule has 0 aliphatic carbocycles. The lowest BCUT2D eigenvalue weighted by molar-refractivity contribution is 0.722. The minimum Gasteiger partial charge on any atom is -0.298 e. The molecule has 21 heavy (non-hydrogen) atoms. The molecule has 0 unspecified atom stereocenters. The van der Waals surface area contributed by atoms with Gasteiger partial charge < -0.3 is 0 Å². The molecule has 0 saturated heterocycles. The topological polar surface area (TPSA) is 69.6 Å². The Morgan fingerprint density at radius 2 is 2.14 bits per heavy atom. The van der Waals surface area contributed by atoms with Crippen LogP contribution in [-0.2, 0) is 6.54 Å². The smallest absolute Gasteiger partial charge is 0.269 e. The molecule has 1 aromatic carbocycles. The predicted molar refractivity (Wildman–Crippen MR) is 83.2 cm³/mol. The molecule has 0 amide bonds.